The van der Waals surface area contributed by atoms with Gasteiger partial charge in [-0.3, -0.25) is 4.98 Å². The lowest BCUT2D eigenvalue weighted by atomic mass is 10.00. The van der Waals surface area contributed by atoms with Gasteiger partial charge in [0.05, 0.1) is 24.9 Å². The molecule has 3 heteroatoms. The molecule has 0 bridgehead atoms. The van der Waals surface area contributed by atoms with Crippen LogP contribution in [0.1, 0.15) is 11.1 Å². The minimum Gasteiger partial charge on any atom is -0.495 e. The molecule has 2 aromatic rings. The average Bonchev–Trinajstić information content (AvgIpc) is 2.38. The molecule has 0 spiro atoms. The van der Waals surface area contributed by atoms with Crippen LogP contribution in [0.4, 0.5) is 0 Å². The molecule has 0 N–H and O–H groups in total. The zero-order chi connectivity index (χ0) is 12.3. The fourth-order valence-electron chi connectivity index (χ4n) is 1.73. The van der Waals surface area contributed by atoms with Gasteiger partial charge in [0.25, 0.3) is 0 Å². The lowest BCUT2D eigenvalue weighted by molar-refractivity contribution is 0.413. The van der Waals surface area contributed by atoms with Crippen molar-refractivity contribution < 1.29 is 4.74 Å². The second kappa shape index (κ2) is 4.67. The Kier molecular flexibility index (Phi) is 3.06. The summed E-state index contributed by atoms with van der Waals surface area (Å²) in [5, 5.41) is 8.82. The monoisotopic (exact) mass is 224 g/mol. The van der Waals surface area contributed by atoms with Crippen molar-refractivity contribution >= 4 is 0 Å². The SMILES string of the molecule is COc1cncc(-c2ccc(C#N)cc2C)c1. The number of aryl methyl sites for hydroxylation is 1. The van der Waals surface area contributed by atoms with E-state index in [0.717, 1.165) is 22.4 Å². The Hall–Kier alpha value is -2.34. The maximum absolute atomic E-state index is 8.82. The summed E-state index contributed by atoms with van der Waals surface area (Å²) in [6.07, 6.45) is 3.46. The molecule has 0 amide bonds. The molecule has 0 aliphatic heterocycles. The highest BCUT2D eigenvalue weighted by atomic mass is 16.5. The van der Waals surface area contributed by atoms with E-state index in [9.17, 15) is 0 Å². The number of nitrogens with zero attached hydrogens (tertiary/aromatic N) is 2. The Balaban J connectivity index is 2.49. The molecule has 0 radical (unpaired) electrons. The summed E-state index contributed by atoms with van der Waals surface area (Å²) in [6, 6.07) is 9.67. The Morgan fingerprint density at radius 1 is 1.24 bits per heavy atom. The molecule has 0 saturated heterocycles. The topological polar surface area (TPSA) is 45.9 Å². The molecule has 1 aromatic carbocycles. The first-order valence-corrected chi connectivity index (χ1v) is 5.25. The van der Waals surface area contributed by atoms with Crippen LogP contribution < -0.4 is 4.74 Å². The first-order chi connectivity index (χ1) is 8.24. The number of aromatic nitrogens is 1. The van der Waals surface area contributed by atoms with E-state index >= 15 is 0 Å². The zero-order valence-electron chi connectivity index (χ0n) is 9.77. The van der Waals surface area contributed by atoms with Crippen molar-refractivity contribution in [3.05, 3.63) is 47.8 Å². The minimum absolute atomic E-state index is 0.669. The number of pyridine rings is 1. The number of rotatable bonds is 2. The maximum atomic E-state index is 8.82. The Morgan fingerprint density at radius 2 is 2.06 bits per heavy atom. The summed E-state index contributed by atoms with van der Waals surface area (Å²) in [6.45, 7) is 1.98. The second-order valence-electron chi connectivity index (χ2n) is 3.75. The van der Waals surface area contributed by atoms with Crippen LogP contribution >= 0.6 is 0 Å². The molecule has 0 unspecified atom stereocenters. The first-order valence-electron chi connectivity index (χ1n) is 5.25. The molecule has 0 fully saturated rings. The summed E-state index contributed by atoms with van der Waals surface area (Å²) in [5.74, 6) is 0.728. The molecule has 2 rings (SSSR count). The Bertz CT molecular complexity index is 585. The number of hydrogen-bond acceptors (Lipinski definition) is 3. The van der Waals surface area contributed by atoms with Gasteiger partial charge in [0, 0.05) is 11.8 Å². The van der Waals surface area contributed by atoms with Crippen molar-refractivity contribution in [1.29, 1.82) is 5.26 Å². The highest BCUT2D eigenvalue weighted by Crippen LogP contribution is 2.26. The van der Waals surface area contributed by atoms with Crippen LogP contribution in [0, 0.1) is 18.3 Å². The van der Waals surface area contributed by atoms with Crippen LogP contribution in [0.5, 0.6) is 5.75 Å². The van der Waals surface area contributed by atoms with E-state index in [1.165, 1.54) is 0 Å². The molecule has 84 valence electrons. The van der Waals surface area contributed by atoms with Crippen LogP contribution in [0.3, 0.4) is 0 Å². The highest BCUT2D eigenvalue weighted by molar-refractivity contribution is 5.68. The summed E-state index contributed by atoms with van der Waals surface area (Å²) < 4.78 is 5.15. The normalized spacial score (nSPS) is 9.71. The van der Waals surface area contributed by atoms with Gasteiger partial charge in [-0.2, -0.15) is 5.26 Å². The molecule has 3 nitrogen and oxygen atoms in total. The summed E-state index contributed by atoms with van der Waals surface area (Å²) >= 11 is 0. The van der Waals surface area contributed by atoms with Gasteiger partial charge in [0.1, 0.15) is 5.75 Å². The third-order valence-electron chi connectivity index (χ3n) is 2.62. The van der Waals surface area contributed by atoms with Crippen molar-refractivity contribution in [1.82, 2.24) is 4.98 Å². The molecular formula is C14H12N2O. The van der Waals surface area contributed by atoms with Gasteiger partial charge in [-0.25, -0.2) is 0 Å². The largest absolute Gasteiger partial charge is 0.495 e. The number of nitriles is 1. The van der Waals surface area contributed by atoms with Crippen molar-refractivity contribution in [2.24, 2.45) is 0 Å². The summed E-state index contributed by atoms with van der Waals surface area (Å²) in [5.41, 5.74) is 3.78. The Labute approximate surface area is 100 Å². The number of methoxy groups -OCH3 is 1. The molecule has 1 aromatic heterocycles. The molecular weight excluding hydrogens is 212 g/mol. The fraction of sp³-hybridized carbons (Fsp3) is 0.143. The lowest BCUT2D eigenvalue weighted by Gasteiger charge is -2.07. The average molecular weight is 224 g/mol. The standard InChI is InChI=1S/C14H12N2O/c1-10-5-11(7-15)3-4-14(10)12-6-13(17-2)9-16-8-12/h3-6,8-9H,1-2H3. The zero-order valence-corrected chi connectivity index (χ0v) is 9.77. The lowest BCUT2D eigenvalue weighted by Crippen LogP contribution is -1.89. The molecule has 0 aliphatic carbocycles. The van der Waals surface area contributed by atoms with Crippen LogP contribution in [0.2, 0.25) is 0 Å². The third-order valence-corrected chi connectivity index (χ3v) is 2.62. The maximum Gasteiger partial charge on any atom is 0.137 e. The molecule has 0 atom stereocenters. The van der Waals surface area contributed by atoms with Crippen LogP contribution in [0.15, 0.2) is 36.7 Å². The quantitative estimate of drug-likeness (QED) is 0.787. The van der Waals surface area contributed by atoms with Gasteiger partial charge in [-0.05, 0) is 36.2 Å². The van der Waals surface area contributed by atoms with Gasteiger partial charge >= 0.3 is 0 Å². The van der Waals surface area contributed by atoms with Gasteiger partial charge in [-0.1, -0.05) is 6.07 Å². The van der Waals surface area contributed by atoms with Gasteiger partial charge in [0.2, 0.25) is 0 Å². The van der Waals surface area contributed by atoms with Crippen molar-refractivity contribution in [3.63, 3.8) is 0 Å². The fourth-order valence-corrected chi connectivity index (χ4v) is 1.73. The second-order valence-corrected chi connectivity index (χ2v) is 3.75. The van der Waals surface area contributed by atoms with E-state index in [2.05, 4.69) is 11.1 Å². The number of ether oxygens (including phenoxy) is 1. The first kappa shape index (κ1) is 11.2. The van der Waals surface area contributed by atoms with Gasteiger partial charge in [-0.15, -0.1) is 0 Å². The van der Waals surface area contributed by atoms with Crippen LogP contribution in [-0.4, -0.2) is 12.1 Å². The van der Waals surface area contributed by atoms with Crippen molar-refractivity contribution in [2.45, 2.75) is 6.92 Å². The van der Waals surface area contributed by atoms with Crippen molar-refractivity contribution in [3.8, 4) is 22.9 Å². The Morgan fingerprint density at radius 3 is 2.71 bits per heavy atom. The molecule has 0 aliphatic rings. The van der Waals surface area contributed by atoms with Crippen LogP contribution in [0.25, 0.3) is 11.1 Å². The summed E-state index contributed by atoms with van der Waals surface area (Å²) in [7, 11) is 1.62. The predicted molar refractivity (Wildman–Crippen MR) is 65.7 cm³/mol. The smallest absolute Gasteiger partial charge is 0.137 e. The number of benzene rings is 1. The van der Waals surface area contributed by atoms with E-state index in [1.807, 2.05) is 31.2 Å². The van der Waals surface area contributed by atoms with E-state index in [0.29, 0.717) is 5.56 Å². The molecule has 17 heavy (non-hydrogen) atoms. The predicted octanol–water partition coefficient (Wildman–Crippen LogP) is 2.94. The van der Waals surface area contributed by atoms with E-state index in [1.54, 1.807) is 19.5 Å². The van der Waals surface area contributed by atoms with Gasteiger partial charge in [0.15, 0.2) is 0 Å². The highest BCUT2D eigenvalue weighted by Gasteiger charge is 2.04. The third kappa shape index (κ3) is 2.26. The van der Waals surface area contributed by atoms with Crippen LogP contribution in [-0.2, 0) is 0 Å². The number of hydrogen-bond donors (Lipinski definition) is 0. The molecule has 0 saturated carbocycles. The molecule has 1 heterocycles. The van der Waals surface area contributed by atoms with E-state index in [4.69, 9.17) is 10.00 Å². The summed E-state index contributed by atoms with van der Waals surface area (Å²) in [4.78, 5) is 4.13. The van der Waals surface area contributed by atoms with Gasteiger partial charge < -0.3 is 4.74 Å². The van der Waals surface area contributed by atoms with E-state index < -0.39 is 0 Å². The minimum atomic E-state index is 0.669. The van der Waals surface area contributed by atoms with E-state index in [-0.39, 0.29) is 0 Å². The van der Waals surface area contributed by atoms with Crippen molar-refractivity contribution in [2.75, 3.05) is 7.11 Å².